The lowest BCUT2D eigenvalue weighted by Crippen LogP contribution is -2.26. The normalized spacial score (nSPS) is 10.2. The monoisotopic (exact) mass is 271 g/mol. The zero-order valence-corrected chi connectivity index (χ0v) is 11.8. The van der Waals surface area contributed by atoms with Gasteiger partial charge in [-0.2, -0.15) is 0 Å². The summed E-state index contributed by atoms with van der Waals surface area (Å²) < 4.78 is 5.15. The Labute approximate surface area is 118 Å². The number of anilines is 1. The van der Waals surface area contributed by atoms with Crippen molar-refractivity contribution < 1.29 is 14.6 Å². The van der Waals surface area contributed by atoms with E-state index in [1.165, 1.54) is 6.07 Å². The van der Waals surface area contributed by atoms with Crippen molar-refractivity contribution in [1.29, 1.82) is 0 Å². The summed E-state index contributed by atoms with van der Waals surface area (Å²) in [5, 5.41) is 9.51. The van der Waals surface area contributed by atoms with Gasteiger partial charge in [-0.1, -0.05) is 6.07 Å². The van der Waals surface area contributed by atoms with E-state index < -0.39 is 0 Å². The van der Waals surface area contributed by atoms with E-state index in [-0.39, 0.29) is 11.7 Å². The van der Waals surface area contributed by atoms with Crippen molar-refractivity contribution in [3.05, 3.63) is 53.6 Å². The van der Waals surface area contributed by atoms with E-state index in [0.29, 0.717) is 16.9 Å². The van der Waals surface area contributed by atoms with Crippen LogP contribution in [-0.4, -0.2) is 25.2 Å². The minimum atomic E-state index is -0.138. The number of benzene rings is 2. The van der Waals surface area contributed by atoms with Gasteiger partial charge in [0, 0.05) is 24.4 Å². The van der Waals surface area contributed by atoms with E-state index in [9.17, 15) is 9.90 Å². The molecule has 0 aliphatic rings. The summed E-state index contributed by atoms with van der Waals surface area (Å²) >= 11 is 0. The first-order valence-electron chi connectivity index (χ1n) is 6.24. The third-order valence-corrected chi connectivity index (χ3v) is 3.19. The van der Waals surface area contributed by atoms with Crippen LogP contribution in [0.15, 0.2) is 42.5 Å². The fourth-order valence-electron chi connectivity index (χ4n) is 1.92. The number of aromatic hydroxyl groups is 1. The summed E-state index contributed by atoms with van der Waals surface area (Å²) in [6, 6.07) is 12.1. The number of ether oxygens (including phenoxy) is 1. The predicted molar refractivity (Wildman–Crippen MR) is 78.6 cm³/mol. The van der Waals surface area contributed by atoms with Crippen LogP contribution in [0.3, 0.4) is 0 Å². The standard InChI is InChI=1S/C16H17NO3/c1-11-9-12(7-8-15(11)18)16(19)17(2)13-5-4-6-14(10-13)20-3/h4-10,18H,1-3H3. The van der Waals surface area contributed by atoms with Crippen LogP contribution in [0.25, 0.3) is 0 Å². The lowest BCUT2D eigenvalue weighted by atomic mass is 10.1. The smallest absolute Gasteiger partial charge is 0.258 e. The molecule has 0 radical (unpaired) electrons. The van der Waals surface area contributed by atoms with Crippen LogP contribution in [-0.2, 0) is 0 Å². The number of carbonyl (C=O) groups is 1. The number of amides is 1. The molecule has 0 atom stereocenters. The molecule has 0 aromatic heterocycles. The highest BCUT2D eigenvalue weighted by Crippen LogP contribution is 2.23. The minimum Gasteiger partial charge on any atom is -0.508 e. The quantitative estimate of drug-likeness (QED) is 0.933. The number of nitrogens with zero attached hydrogens (tertiary/aromatic N) is 1. The highest BCUT2D eigenvalue weighted by Gasteiger charge is 2.14. The third kappa shape index (κ3) is 2.74. The van der Waals surface area contributed by atoms with Crippen molar-refractivity contribution in [3.63, 3.8) is 0 Å². The van der Waals surface area contributed by atoms with Gasteiger partial charge in [-0.05, 0) is 42.8 Å². The number of phenols is 1. The van der Waals surface area contributed by atoms with Gasteiger partial charge < -0.3 is 14.7 Å². The molecule has 0 fully saturated rings. The Hall–Kier alpha value is -2.49. The number of carbonyl (C=O) groups excluding carboxylic acids is 1. The molecular weight excluding hydrogens is 254 g/mol. The van der Waals surface area contributed by atoms with Crippen LogP contribution in [0.4, 0.5) is 5.69 Å². The molecule has 2 aromatic carbocycles. The molecule has 0 unspecified atom stereocenters. The maximum absolute atomic E-state index is 12.4. The average Bonchev–Trinajstić information content (AvgIpc) is 2.48. The number of hydrogen-bond donors (Lipinski definition) is 1. The third-order valence-electron chi connectivity index (χ3n) is 3.19. The minimum absolute atomic E-state index is 0.138. The van der Waals surface area contributed by atoms with E-state index in [0.717, 1.165) is 5.69 Å². The topological polar surface area (TPSA) is 49.8 Å². The second-order valence-electron chi connectivity index (χ2n) is 4.57. The zero-order valence-electron chi connectivity index (χ0n) is 11.8. The van der Waals surface area contributed by atoms with E-state index >= 15 is 0 Å². The molecule has 0 aliphatic carbocycles. The fourth-order valence-corrected chi connectivity index (χ4v) is 1.92. The van der Waals surface area contributed by atoms with Gasteiger partial charge in [0.2, 0.25) is 0 Å². The van der Waals surface area contributed by atoms with E-state index in [2.05, 4.69) is 0 Å². The first-order chi connectivity index (χ1) is 9.52. The molecule has 0 saturated carbocycles. The Morgan fingerprint density at radius 2 is 1.95 bits per heavy atom. The molecule has 0 spiro atoms. The number of aryl methyl sites for hydroxylation is 1. The van der Waals surface area contributed by atoms with Crippen LogP contribution in [0.1, 0.15) is 15.9 Å². The number of methoxy groups -OCH3 is 1. The van der Waals surface area contributed by atoms with Gasteiger partial charge >= 0.3 is 0 Å². The molecule has 1 N–H and O–H groups in total. The summed E-state index contributed by atoms with van der Waals surface area (Å²) in [6.07, 6.45) is 0. The zero-order chi connectivity index (χ0) is 14.7. The molecular formula is C16H17NO3. The lowest BCUT2D eigenvalue weighted by Gasteiger charge is -2.18. The molecule has 2 aromatic rings. The van der Waals surface area contributed by atoms with E-state index in [1.54, 1.807) is 44.2 Å². The van der Waals surface area contributed by atoms with Crippen molar-refractivity contribution >= 4 is 11.6 Å². The molecule has 2 rings (SSSR count). The Morgan fingerprint density at radius 1 is 1.20 bits per heavy atom. The van der Waals surface area contributed by atoms with Crippen molar-refractivity contribution in [2.75, 3.05) is 19.1 Å². The van der Waals surface area contributed by atoms with Gasteiger partial charge in [-0.25, -0.2) is 0 Å². The van der Waals surface area contributed by atoms with Gasteiger partial charge in [-0.15, -0.1) is 0 Å². The molecule has 4 heteroatoms. The van der Waals surface area contributed by atoms with Gasteiger partial charge in [0.25, 0.3) is 5.91 Å². The van der Waals surface area contributed by atoms with Crippen molar-refractivity contribution in [2.45, 2.75) is 6.92 Å². The molecule has 104 valence electrons. The van der Waals surface area contributed by atoms with Gasteiger partial charge in [0.05, 0.1) is 7.11 Å². The van der Waals surface area contributed by atoms with Crippen LogP contribution in [0.2, 0.25) is 0 Å². The van der Waals surface area contributed by atoms with Gasteiger partial charge in [0.1, 0.15) is 11.5 Å². The first-order valence-corrected chi connectivity index (χ1v) is 6.24. The van der Waals surface area contributed by atoms with Crippen molar-refractivity contribution in [1.82, 2.24) is 0 Å². The Bertz CT molecular complexity index is 637. The molecule has 0 saturated heterocycles. The molecule has 4 nitrogen and oxygen atoms in total. The number of rotatable bonds is 3. The first kappa shape index (κ1) is 13.9. The van der Waals surface area contributed by atoms with Crippen LogP contribution < -0.4 is 9.64 Å². The molecule has 0 heterocycles. The van der Waals surface area contributed by atoms with Crippen LogP contribution in [0, 0.1) is 6.92 Å². The Morgan fingerprint density at radius 3 is 2.60 bits per heavy atom. The summed E-state index contributed by atoms with van der Waals surface area (Å²) in [6.45, 7) is 1.76. The van der Waals surface area contributed by atoms with Gasteiger partial charge in [-0.3, -0.25) is 4.79 Å². The van der Waals surface area contributed by atoms with E-state index in [4.69, 9.17) is 4.74 Å². The van der Waals surface area contributed by atoms with Gasteiger partial charge in [0.15, 0.2) is 0 Å². The lowest BCUT2D eigenvalue weighted by molar-refractivity contribution is 0.0993. The fraction of sp³-hybridized carbons (Fsp3) is 0.188. The van der Waals surface area contributed by atoms with Crippen LogP contribution in [0.5, 0.6) is 11.5 Å². The highest BCUT2D eigenvalue weighted by atomic mass is 16.5. The van der Waals surface area contributed by atoms with Crippen LogP contribution >= 0.6 is 0 Å². The largest absolute Gasteiger partial charge is 0.508 e. The Kier molecular flexibility index (Phi) is 3.94. The number of hydrogen-bond acceptors (Lipinski definition) is 3. The predicted octanol–water partition coefficient (Wildman–Crippen LogP) is 2.99. The van der Waals surface area contributed by atoms with Crippen molar-refractivity contribution in [3.8, 4) is 11.5 Å². The maximum atomic E-state index is 12.4. The molecule has 20 heavy (non-hydrogen) atoms. The van der Waals surface area contributed by atoms with E-state index in [1.807, 2.05) is 18.2 Å². The summed E-state index contributed by atoms with van der Waals surface area (Å²) in [4.78, 5) is 14.0. The second kappa shape index (κ2) is 5.65. The second-order valence-corrected chi connectivity index (χ2v) is 4.57. The summed E-state index contributed by atoms with van der Waals surface area (Å²) in [7, 11) is 3.30. The van der Waals surface area contributed by atoms with Crippen molar-refractivity contribution in [2.24, 2.45) is 0 Å². The molecule has 1 amide bonds. The maximum Gasteiger partial charge on any atom is 0.258 e. The summed E-state index contributed by atoms with van der Waals surface area (Å²) in [5.41, 5.74) is 1.96. The Balaban J connectivity index is 2.29. The SMILES string of the molecule is COc1cccc(N(C)C(=O)c2ccc(O)c(C)c2)c1. The summed E-state index contributed by atoms with van der Waals surface area (Å²) in [5.74, 6) is 0.746. The number of phenolic OH excluding ortho intramolecular Hbond substituents is 1. The highest BCUT2D eigenvalue weighted by molar-refractivity contribution is 6.06. The average molecular weight is 271 g/mol. The molecule has 0 aliphatic heterocycles. The molecule has 0 bridgehead atoms.